The molecule has 20 heteroatoms. The number of thioether (sulfide) groups is 2. The van der Waals surface area contributed by atoms with Crippen LogP contribution < -0.4 is 0 Å². The number of azo groups is 2. The zero-order valence-corrected chi connectivity index (χ0v) is 31.4. The lowest BCUT2D eigenvalue weighted by atomic mass is 9.98. The van der Waals surface area contributed by atoms with E-state index in [2.05, 4.69) is 36.2 Å². The van der Waals surface area contributed by atoms with Crippen molar-refractivity contribution in [1.29, 1.82) is 10.5 Å². The van der Waals surface area contributed by atoms with Crippen molar-refractivity contribution in [3.05, 3.63) is 22.8 Å². The second-order valence-corrected chi connectivity index (χ2v) is 15.4. The number of hydrogen-bond acceptors (Lipinski definition) is 14. The van der Waals surface area contributed by atoms with Gasteiger partial charge in [0, 0.05) is 57.7 Å². The van der Waals surface area contributed by atoms with Crippen LogP contribution in [0.4, 0.5) is 0 Å². The van der Waals surface area contributed by atoms with Crippen LogP contribution in [-0.4, -0.2) is 99.4 Å². The Labute approximate surface area is 310 Å². The fourth-order valence-electron chi connectivity index (χ4n) is 3.85. The molecule has 0 aliphatic carbocycles. The van der Waals surface area contributed by atoms with Crippen molar-refractivity contribution >= 4 is 80.4 Å². The highest BCUT2D eigenvalue weighted by Gasteiger charge is 2.36. The van der Waals surface area contributed by atoms with Crippen molar-refractivity contribution in [3.63, 3.8) is 0 Å². The summed E-state index contributed by atoms with van der Waals surface area (Å²) >= 11 is 13.2. The monoisotopic (exact) mass is 762 g/mol. The molecule has 0 aromatic carbocycles. The number of rotatable bonds is 16. The molecule has 2 amide bonds. The average Bonchev–Trinajstić information content (AvgIpc) is 3.73. The van der Waals surface area contributed by atoms with Crippen LogP contribution in [0.2, 0.25) is 0 Å². The summed E-state index contributed by atoms with van der Waals surface area (Å²) in [6, 6.07) is 3.93. The zero-order chi connectivity index (χ0) is 38.2. The van der Waals surface area contributed by atoms with Gasteiger partial charge >= 0.3 is 23.3 Å². The number of hydrogen-bond donors (Lipinski definition) is 2. The molecule has 0 aromatic rings. The molecule has 2 aliphatic heterocycles. The second kappa shape index (κ2) is 19.9. The Bertz CT molecular complexity index is 1450. The van der Waals surface area contributed by atoms with Gasteiger partial charge in [0.05, 0.1) is 31.4 Å². The van der Waals surface area contributed by atoms with Gasteiger partial charge in [-0.25, -0.2) is 13.1 Å². The van der Waals surface area contributed by atoms with Crippen molar-refractivity contribution in [2.45, 2.75) is 101 Å². The predicted octanol–water partition coefficient (Wildman–Crippen LogP) is 5.72. The van der Waals surface area contributed by atoms with Crippen molar-refractivity contribution in [2.75, 3.05) is 24.6 Å². The normalized spacial score (nSPS) is 19.0. The topological polar surface area (TPSA) is 221 Å². The number of carbonyl (C=O) groups is 4. The van der Waals surface area contributed by atoms with Crippen LogP contribution in [-0.2, 0) is 19.2 Å². The SMILES string of the molecule is [C-]#[N+]C(C)(CCC(=O)N1CCSC1=S)N=NC(C)(C#N)CCC(=O)N1CCSC1=S.[C-]#[N+]C(C)(CCC(=O)O)N=NC(C)(C#N)CCC(=O)O. The highest BCUT2D eigenvalue weighted by Crippen LogP contribution is 2.28. The molecule has 268 valence electrons. The summed E-state index contributed by atoms with van der Waals surface area (Å²) in [6.07, 6.45) is 0.0179. The van der Waals surface area contributed by atoms with E-state index in [0.717, 1.165) is 11.5 Å². The molecule has 0 bridgehead atoms. The molecule has 50 heavy (non-hydrogen) atoms. The number of thiocarbonyl (C=S) groups is 2. The predicted molar refractivity (Wildman–Crippen MR) is 194 cm³/mol. The van der Waals surface area contributed by atoms with Crippen molar-refractivity contribution in [1.82, 2.24) is 9.80 Å². The number of carboxylic acid groups (broad SMARTS) is 2. The molecule has 2 aliphatic rings. The summed E-state index contributed by atoms with van der Waals surface area (Å²) in [7, 11) is 0. The maximum Gasteiger partial charge on any atom is 0.338 e. The van der Waals surface area contributed by atoms with Crippen LogP contribution in [0.3, 0.4) is 0 Å². The van der Waals surface area contributed by atoms with Crippen molar-refractivity contribution in [2.24, 2.45) is 20.5 Å². The lowest BCUT2D eigenvalue weighted by Gasteiger charge is -2.20. The minimum atomic E-state index is -1.36. The third-order valence-electron chi connectivity index (χ3n) is 7.34. The van der Waals surface area contributed by atoms with Gasteiger partial charge < -0.3 is 10.2 Å². The number of nitrogens with zero attached hydrogens (tertiary/aromatic N) is 10. The molecule has 2 saturated heterocycles. The first kappa shape index (κ1) is 43.9. The van der Waals surface area contributed by atoms with Gasteiger partial charge in [-0.15, -0.1) is 10.2 Å². The van der Waals surface area contributed by atoms with Gasteiger partial charge in [-0.2, -0.15) is 20.8 Å². The Hall–Kier alpha value is -4.08. The molecule has 2 fully saturated rings. The van der Waals surface area contributed by atoms with Crippen LogP contribution in [0.15, 0.2) is 20.5 Å². The molecule has 0 aromatic heterocycles. The summed E-state index contributed by atoms with van der Waals surface area (Å²) in [6.45, 7) is 21.7. The first-order valence-corrected chi connectivity index (χ1v) is 17.9. The Balaban J connectivity index is 0.000000546. The smallest absolute Gasteiger partial charge is 0.338 e. The number of aliphatic carboxylic acids is 2. The molecule has 4 atom stereocenters. The maximum atomic E-state index is 12.3. The molecule has 0 spiro atoms. The molecule has 16 nitrogen and oxygen atoms in total. The van der Waals surface area contributed by atoms with E-state index in [9.17, 15) is 24.4 Å². The summed E-state index contributed by atoms with van der Waals surface area (Å²) in [5.74, 6) is -0.819. The molecule has 0 radical (unpaired) electrons. The highest BCUT2D eigenvalue weighted by atomic mass is 32.2. The van der Waals surface area contributed by atoms with Gasteiger partial charge in [0.2, 0.25) is 11.8 Å². The maximum absolute atomic E-state index is 12.3. The Morgan fingerprint density at radius 1 is 0.720 bits per heavy atom. The summed E-state index contributed by atoms with van der Waals surface area (Å²) in [5.41, 5.74) is -5.21. The van der Waals surface area contributed by atoms with E-state index in [4.69, 9.17) is 53.1 Å². The Morgan fingerprint density at radius 2 is 1.06 bits per heavy atom. The first-order valence-electron chi connectivity index (χ1n) is 15.1. The number of amides is 2. The van der Waals surface area contributed by atoms with Crippen molar-refractivity contribution in [3.8, 4) is 12.1 Å². The fourth-order valence-corrected chi connectivity index (χ4v) is 6.33. The van der Waals surface area contributed by atoms with Gasteiger partial charge in [-0.05, 0) is 26.7 Å². The lowest BCUT2D eigenvalue weighted by Crippen LogP contribution is -2.33. The summed E-state index contributed by atoms with van der Waals surface area (Å²) in [5, 5.41) is 51.5. The molecular weight excluding hydrogens is 725 g/mol. The Kier molecular flexibility index (Phi) is 17.5. The number of carboxylic acids is 2. The molecule has 0 saturated carbocycles. The standard InChI is InChI=1S/C18H22N6O2S4.C12H16N4O4/c1-17(12-19,6-4-13(25)23-8-10-29-15(23)27)21-22-18(2,20-3)7-5-14(26)24-9-11-30-16(24)28;1-11(8-13,6-4-9(17)18)15-16-12(2,14-3)7-5-10(19)20/h4-11H2,1-2H3;4-7H2,1-2H3,(H,17,18)(H,19,20). The largest absolute Gasteiger partial charge is 0.481 e. The first-order chi connectivity index (χ1) is 23.3. The van der Waals surface area contributed by atoms with E-state index in [1.807, 2.05) is 6.07 Å². The lowest BCUT2D eigenvalue weighted by molar-refractivity contribution is -0.138. The van der Waals surface area contributed by atoms with E-state index in [-0.39, 0.29) is 63.2 Å². The minimum Gasteiger partial charge on any atom is -0.481 e. The molecule has 4 unspecified atom stereocenters. The van der Waals surface area contributed by atoms with Crippen LogP contribution in [0.5, 0.6) is 0 Å². The van der Waals surface area contributed by atoms with Gasteiger partial charge in [0.1, 0.15) is 8.64 Å². The van der Waals surface area contributed by atoms with E-state index in [0.29, 0.717) is 21.7 Å². The van der Waals surface area contributed by atoms with Gasteiger partial charge in [0.25, 0.3) is 0 Å². The number of nitriles is 2. The molecule has 2 heterocycles. The average molecular weight is 763 g/mol. The molecular formula is C30H38N10O6S4. The Morgan fingerprint density at radius 3 is 1.38 bits per heavy atom. The van der Waals surface area contributed by atoms with Crippen LogP contribution in [0, 0.1) is 35.8 Å². The van der Waals surface area contributed by atoms with E-state index in [1.54, 1.807) is 23.6 Å². The van der Waals surface area contributed by atoms with Crippen LogP contribution in [0.25, 0.3) is 9.69 Å². The quantitative estimate of drug-likeness (QED) is 0.109. The van der Waals surface area contributed by atoms with Crippen molar-refractivity contribution < 1.29 is 29.4 Å². The van der Waals surface area contributed by atoms with E-state index < -0.39 is 34.3 Å². The zero-order valence-electron chi connectivity index (χ0n) is 28.1. The van der Waals surface area contributed by atoms with Gasteiger partial charge in [0.15, 0.2) is 11.1 Å². The fraction of sp³-hybridized carbons (Fsp3) is 0.667. The summed E-state index contributed by atoms with van der Waals surface area (Å²) in [4.78, 5) is 55.5. The third kappa shape index (κ3) is 14.8. The highest BCUT2D eigenvalue weighted by molar-refractivity contribution is 8.23. The van der Waals surface area contributed by atoms with Crippen LogP contribution in [0.1, 0.15) is 79.1 Å². The second-order valence-electron chi connectivity index (χ2n) is 11.9. The molecule has 2 rings (SSSR count). The number of carbonyl (C=O) groups excluding carboxylic acids is 2. The van der Waals surface area contributed by atoms with E-state index in [1.165, 1.54) is 37.4 Å². The third-order valence-corrected chi connectivity index (χ3v) is 10.2. The molecule has 2 N–H and O–H groups in total. The summed E-state index contributed by atoms with van der Waals surface area (Å²) < 4.78 is 1.12. The minimum absolute atomic E-state index is 0.0320. The van der Waals surface area contributed by atoms with Gasteiger partial charge in [-0.3, -0.25) is 38.7 Å². The van der Waals surface area contributed by atoms with E-state index >= 15 is 0 Å². The van der Waals surface area contributed by atoms with Crippen LogP contribution >= 0.6 is 48.0 Å². The van der Waals surface area contributed by atoms with Gasteiger partial charge in [-0.1, -0.05) is 48.0 Å².